The van der Waals surface area contributed by atoms with E-state index >= 15 is 0 Å². The average molecular weight is 183 g/mol. The van der Waals surface area contributed by atoms with Gasteiger partial charge < -0.3 is 9.84 Å². The van der Waals surface area contributed by atoms with Crippen molar-refractivity contribution in [2.45, 2.75) is 20.1 Å². The molecule has 0 aliphatic heterocycles. The highest BCUT2D eigenvalue weighted by Crippen LogP contribution is 1.94. The van der Waals surface area contributed by atoms with E-state index in [0.717, 1.165) is 0 Å². The molecule has 0 amide bonds. The van der Waals surface area contributed by atoms with Crippen molar-refractivity contribution in [1.29, 1.82) is 5.26 Å². The molecule has 0 rings (SSSR count). The van der Waals surface area contributed by atoms with Crippen LogP contribution in [-0.2, 0) is 9.53 Å². The lowest BCUT2D eigenvalue weighted by Crippen LogP contribution is -2.13. The number of carbonyl (C=O) groups excluding carboxylic acids is 1. The van der Waals surface area contributed by atoms with Crippen molar-refractivity contribution in [3.63, 3.8) is 0 Å². The number of allylic oxidation sites excluding steroid dienone is 1. The average Bonchev–Trinajstić information content (AvgIpc) is 2.03. The van der Waals surface area contributed by atoms with Gasteiger partial charge in [-0.3, -0.25) is 0 Å². The predicted octanol–water partition coefficient (Wildman–Crippen LogP) is 1.14. The Kier molecular flexibility index (Phi) is 9.12. The second kappa shape index (κ2) is 8.50. The number of carbonyl (C=O) groups is 1. The first-order valence-electron chi connectivity index (χ1n) is 3.50. The van der Waals surface area contributed by atoms with Gasteiger partial charge >= 0.3 is 5.97 Å². The normalized spacial score (nSPS) is 9.69. The van der Waals surface area contributed by atoms with E-state index in [2.05, 4.69) is 17.9 Å². The summed E-state index contributed by atoms with van der Waals surface area (Å²) >= 11 is 0. The molecule has 0 aliphatic carbocycles. The minimum absolute atomic E-state index is 0.288. The van der Waals surface area contributed by atoms with E-state index < -0.39 is 12.3 Å². The molecule has 4 nitrogen and oxygen atoms in total. The van der Waals surface area contributed by atoms with E-state index in [1.165, 1.54) is 19.9 Å². The van der Waals surface area contributed by atoms with Gasteiger partial charge in [0.15, 0.2) is 6.29 Å². The van der Waals surface area contributed by atoms with Crippen LogP contribution in [0.5, 0.6) is 0 Å². The van der Waals surface area contributed by atoms with Gasteiger partial charge in [0.05, 0.1) is 6.07 Å². The molecular weight excluding hydrogens is 170 g/mol. The number of hydrogen-bond acceptors (Lipinski definition) is 4. The van der Waals surface area contributed by atoms with E-state index in [9.17, 15) is 4.79 Å². The smallest absolute Gasteiger partial charge is 0.335 e. The van der Waals surface area contributed by atoms with E-state index in [-0.39, 0.29) is 5.57 Å². The van der Waals surface area contributed by atoms with E-state index in [4.69, 9.17) is 10.4 Å². The van der Waals surface area contributed by atoms with Crippen molar-refractivity contribution >= 4 is 5.97 Å². The van der Waals surface area contributed by atoms with Crippen LogP contribution in [0.15, 0.2) is 24.8 Å². The van der Waals surface area contributed by atoms with Crippen molar-refractivity contribution in [1.82, 2.24) is 0 Å². The molecule has 1 atom stereocenters. The fourth-order valence-corrected chi connectivity index (χ4v) is 0.255. The summed E-state index contributed by atoms with van der Waals surface area (Å²) in [5, 5.41) is 16.0. The quantitative estimate of drug-likeness (QED) is 0.301. The number of nitrogens with zero attached hydrogens (tertiary/aromatic N) is 1. The molecule has 0 saturated carbocycles. The maximum Gasteiger partial charge on any atom is 0.335 e. The fraction of sp³-hybridized carbons (Fsp3) is 0.333. The molecule has 0 spiro atoms. The Hall–Kier alpha value is -1.60. The van der Waals surface area contributed by atoms with Crippen molar-refractivity contribution in [3.05, 3.63) is 24.8 Å². The third-order valence-corrected chi connectivity index (χ3v) is 0.717. The Morgan fingerprint density at radius 1 is 1.77 bits per heavy atom. The molecular formula is C9H13NO3. The summed E-state index contributed by atoms with van der Waals surface area (Å²) < 4.78 is 4.33. The van der Waals surface area contributed by atoms with E-state index in [1.54, 1.807) is 6.07 Å². The summed E-state index contributed by atoms with van der Waals surface area (Å²) in [6, 6.07) is 1.69. The molecule has 0 bridgehead atoms. The summed E-state index contributed by atoms with van der Waals surface area (Å²) in [6.45, 7) is 9.32. The first-order valence-corrected chi connectivity index (χ1v) is 3.50. The Bertz CT molecular complexity index is 226. The molecule has 4 heteroatoms. The highest BCUT2D eigenvalue weighted by molar-refractivity contribution is 5.86. The molecule has 0 aromatic rings. The van der Waals surface area contributed by atoms with Gasteiger partial charge in [0, 0.05) is 11.6 Å². The van der Waals surface area contributed by atoms with Crippen LogP contribution in [-0.4, -0.2) is 17.4 Å². The Balaban J connectivity index is 0. The number of nitriles is 1. The van der Waals surface area contributed by atoms with Gasteiger partial charge in [0.2, 0.25) is 0 Å². The Morgan fingerprint density at radius 2 is 2.15 bits per heavy atom. The third-order valence-electron chi connectivity index (χ3n) is 0.717. The number of rotatable bonds is 2. The van der Waals surface area contributed by atoms with Crippen molar-refractivity contribution in [2.24, 2.45) is 0 Å². The van der Waals surface area contributed by atoms with Gasteiger partial charge in [0.25, 0.3) is 0 Å². The number of esters is 1. The Labute approximate surface area is 77.7 Å². The predicted molar refractivity (Wildman–Crippen MR) is 48.4 cm³/mol. The van der Waals surface area contributed by atoms with Crippen molar-refractivity contribution in [2.75, 3.05) is 0 Å². The summed E-state index contributed by atoms with van der Waals surface area (Å²) in [4.78, 5) is 10.5. The largest absolute Gasteiger partial charge is 0.433 e. The lowest BCUT2D eigenvalue weighted by molar-refractivity contribution is -0.159. The lowest BCUT2D eigenvalue weighted by Gasteiger charge is -2.04. The van der Waals surface area contributed by atoms with Crippen LogP contribution in [0.4, 0.5) is 0 Å². The van der Waals surface area contributed by atoms with Gasteiger partial charge in [0.1, 0.15) is 0 Å². The third kappa shape index (κ3) is 13.4. The van der Waals surface area contributed by atoms with Gasteiger partial charge in [-0.05, 0) is 13.8 Å². The number of ether oxygens (including phenoxy) is 1. The summed E-state index contributed by atoms with van der Waals surface area (Å²) in [7, 11) is 0. The molecule has 0 aromatic carbocycles. The minimum Gasteiger partial charge on any atom is -0.433 e. The zero-order valence-electron chi connectivity index (χ0n) is 7.78. The highest BCUT2D eigenvalue weighted by atomic mass is 16.6. The fourth-order valence-electron chi connectivity index (χ4n) is 0.255. The van der Waals surface area contributed by atoms with Crippen LogP contribution in [0.25, 0.3) is 0 Å². The monoisotopic (exact) mass is 183 g/mol. The molecule has 72 valence electrons. The maximum absolute atomic E-state index is 10.5. The second-order valence-electron chi connectivity index (χ2n) is 2.12. The molecule has 0 radical (unpaired) electrons. The molecule has 0 heterocycles. The van der Waals surface area contributed by atoms with Gasteiger partial charge in [-0.1, -0.05) is 13.2 Å². The molecule has 13 heavy (non-hydrogen) atoms. The van der Waals surface area contributed by atoms with Crippen molar-refractivity contribution < 1.29 is 14.6 Å². The van der Waals surface area contributed by atoms with Gasteiger partial charge in [-0.25, -0.2) is 4.79 Å². The molecule has 1 N–H and O–H groups in total. The Morgan fingerprint density at radius 3 is 2.23 bits per heavy atom. The SMILES string of the molecule is C=C(C)C(=O)OC(C)O.C=CC#N. The number of aliphatic hydroxyl groups excluding tert-OH is 1. The van der Waals surface area contributed by atoms with E-state index in [1.807, 2.05) is 0 Å². The molecule has 0 aromatic heterocycles. The second-order valence-corrected chi connectivity index (χ2v) is 2.12. The summed E-state index contributed by atoms with van der Waals surface area (Å²) in [5.41, 5.74) is 0.288. The van der Waals surface area contributed by atoms with E-state index in [0.29, 0.717) is 0 Å². The summed E-state index contributed by atoms with van der Waals surface area (Å²) in [6.07, 6.45) is 0.134. The zero-order chi connectivity index (χ0) is 10.9. The molecule has 1 unspecified atom stereocenters. The highest BCUT2D eigenvalue weighted by Gasteiger charge is 2.04. The van der Waals surface area contributed by atoms with Crippen molar-refractivity contribution in [3.8, 4) is 6.07 Å². The lowest BCUT2D eigenvalue weighted by atomic mass is 10.4. The van der Waals surface area contributed by atoms with Gasteiger partial charge in [-0.2, -0.15) is 5.26 Å². The van der Waals surface area contributed by atoms with Crippen LogP contribution in [0, 0.1) is 11.3 Å². The minimum atomic E-state index is -1.05. The first kappa shape index (κ1) is 14.0. The van der Waals surface area contributed by atoms with Crippen LogP contribution < -0.4 is 0 Å². The van der Waals surface area contributed by atoms with Crippen LogP contribution in [0.3, 0.4) is 0 Å². The number of aliphatic hydroxyl groups is 1. The van der Waals surface area contributed by atoms with Crippen LogP contribution >= 0.6 is 0 Å². The van der Waals surface area contributed by atoms with Crippen LogP contribution in [0.2, 0.25) is 0 Å². The van der Waals surface area contributed by atoms with Gasteiger partial charge in [-0.15, -0.1) is 0 Å². The maximum atomic E-state index is 10.5. The molecule has 0 aliphatic rings. The molecule has 0 fully saturated rings. The van der Waals surface area contributed by atoms with Crippen LogP contribution in [0.1, 0.15) is 13.8 Å². The number of hydrogen-bond donors (Lipinski definition) is 1. The zero-order valence-corrected chi connectivity index (χ0v) is 7.78. The molecule has 0 saturated heterocycles. The first-order chi connectivity index (χ1) is 5.95. The summed E-state index contributed by atoms with van der Waals surface area (Å²) in [5.74, 6) is -0.565. The topological polar surface area (TPSA) is 70.3 Å². The standard InChI is InChI=1S/C6H10O3.C3H3N/c1-4(2)6(8)9-5(3)7;1-2-3-4/h5,7H,1H2,2-3H3;2H,1H2.